The second-order valence-corrected chi connectivity index (χ2v) is 8.91. The van der Waals surface area contributed by atoms with Crippen LogP contribution in [0.3, 0.4) is 0 Å². The zero-order valence-electron chi connectivity index (χ0n) is 18.7. The second kappa shape index (κ2) is 9.79. The molecular weight excluding hydrogens is 450 g/mol. The van der Waals surface area contributed by atoms with Gasteiger partial charge in [0, 0.05) is 65.6 Å². The van der Waals surface area contributed by atoms with Gasteiger partial charge in [-0.05, 0) is 35.9 Å². The summed E-state index contributed by atoms with van der Waals surface area (Å²) in [4.78, 5) is 19.9. The van der Waals surface area contributed by atoms with E-state index in [1.807, 2.05) is 83.9 Å². The van der Waals surface area contributed by atoms with Crippen LogP contribution in [0.15, 0.2) is 79.0 Å². The number of carbonyl (C=O) groups is 1. The summed E-state index contributed by atoms with van der Waals surface area (Å²) in [6.07, 6.45) is 1.81. The SMILES string of the molecule is O=C(O)[C@H](c1c[nH]c2cc(OCc3ccccc3)ccc12)N1CCN(c2cccc(Cl)c2)CC1. The minimum atomic E-state index is -0.846. The van der Waals surface area contributed by atoms with E-state index in [1.165, 1.54) is 0 Å². The lowest BCUT2D eigenvalue weighted by molar-refractivity contribution is -0.143. The fourth-order valence-corrected chi connectivity index (χ4v) is 4.77. The molecule has 4 aromatic rings. The molecule has 1 aliphatic heterocycles. The number of hydrogen-bond donors (Lipinski definition) is 2. The maximum Gasteiger partial charge on any atom is 0.325 e. The highest BCUT2D eigenvalue weighted by Gasteiger charge is 2.32. The maximum absolute atomic E-state index is 12.4. The lowest BCUT2D eigenvalue weighted by Crippen LogP contribution is -2.49. The summed E-state index contributed by atoms with van der Waals surface area (Å²) in [6.45, 7) is 3.26. The molecule has 1 aliphatic rings. The van der Waals surface area contributed by atoms with Crippen molar-refractivity contribution in [3.05, 3.63) is 95.1 Å². The average molecular weight is 476 g/mol. The van der Waals surface area contributed by atoms with Crippen LogP contribution in [0, 0.1) is 0 Å². The summed E-state index contributed by atoms with van der Waals surface area (Å²) < 4.78 is 5.93. The Labute approximate surface area is 203 Å². The van der Waals surface area contributed by atoms with Gasteiger partial charge in [0.15, 0.2) is 0 Å². The van der Waals surface area contributed by atoms with Gasteiger partial charge in [-0.1, -0.05) is 48.0 Å². The minimum Gasteiger partial charge on any atom is -0.489 e. The van der Waals surface area contributed by atoms with Crippen LogP contribution in [0.5, 0.6) is 5.75 Å². The van der Waals surface area contributed by atoms with Crippen molar-refractivity contribution in [2.24, 2.45) is 0 Å². The van der Waals surface area contributed by atoms with Crippen molar-refractivity contribution in [3.63, 3.8) is 0 Å². The smallest absolute Gasteiger partial charge is 0.325 e. The average Bonchev–Trinajstić information content (AvgIpc) is 3.26. The summed E-state index contributed by atoms with van der Waals surface area (Å²) in [5.74, 6) is -0.103. The molecular formula is C27H26ClN3O3. The summed E-state index contributed by atoms with van der Waals surface area (Å²) >= 11 is 6.14. The first-order chi connectivity index (χ1) is 16.6. The van der Waals surface area contributed by atoms with Gasteiger partial charge in [-0.2, -0.15) is 0 Å². The van der Waals surface area contributed by atoms with Crippen LogP contribution >= 0.6 is 11.6 Å². The van der Waals surface area contributed by atoms with Gasteiger partial charge in [-0.15, -0.1) is 0 Å². The molecule has 0 unspecified atom stereocenters. The van der Waals surface area contributed by atoms with E-state index in [9.17, 15) is 9.90 Å². The second-order valence-electron chi connectivity index (χ2n) is 8.47. The number of carboxylic acid groups (broad SMARTS) is 1. The lowest BCUT2D eigenvalue weighted by Gasteiger charge is -2.38. The number of piperazine rings is 1. The topological polar surface area (TPSA) is 68.8 Å². The van der Waals surface area contributed by atoms with E-state index >= 15 is 0 Å². The van der Waals surface area contributed by atoms with Gasteiger partial charge in [-0.25, -0.2) is 0 Å². The van der Waals surface area contributed by atoms with Gasteiger partial charge in [-0.3, -0.25) is 9.69 Å². The molecule has 2 heterocycles. The molecule has 0 amide bonds. The zero-order chi connectivity index (χ0) is 23.5. The van der Waals surface area contributed by atoms with Crippen molar-refractivity contribution in [2.75, 3.05) is 31.1 Å². The van der Waals surface area contributed by atoms with Gasteiger partial charge < -0.3 is 19.7 Å². The molecule has 0 saturated carbocycles. The van der Waals surface area contributed by atoms with Gasteiger partial charge in [0.25, 0.3) is 0 Å². The molecule has 0 bridgehead atoms. The number of ether oxygens (including phenoxy) is 1. The van der Waals surface area contributed by atoms with Crippen LogP contribution in [-0.4, -0.2) is 47.1 Å². The zero-order valence-corrected chi connectivity index (χ0v) is 19.4. The van der Waals surface area contributed by atoms with Gasteiger partial charge in [0.1, 0.15) is 18.4 Å². The molecule has 1 fully saturated rings. The van der Waals surface area contributed by atoms with Crippen molar-refractivity contribution in [2.45, 2.75) is 12.6 Å². The van der Waals surface area contributed by atoms with Gasteiger partial charge in [0.2, 0.25) is 0 Å². The van der Waals surface area contributed by atoms with Crippen molar-refractivity contribution < 1.29 is 14.6 Å². The molecule has 0 aliphatic carbocycles. The molecule has 6 nitrogen and oxygen atoms in total. The number of halogens is 1. The number of hydrogen-bond acceptors (Lipinski definition) is 4. The number of benzene rings is 3. The Morgan fingerprint density at radius 1 is 1.00 bits per heavy atom. The van der Waals surface area contributed by atoms with Crippen LogP contribution in [0.4, 0.5) is 5.69 Å². The first-order valence-corrected chi connectivity index (χ1v) is 11.7. The predicted octanol–water partition coefficient (Wildman–Crippen LogP) is 5.35. The number of nitrogens with one attached hydrogen (secondary N) is 1. The number of fused-ring (bicyclic) bond motifs is 1. The van der Waals surface area contributed by atoms with E-state index in [4.69, 9.17) is 16.3 Å². The third-order valence-electron chi connectivity index (χ3n) is 6.31. The summed E-state index contributed by atoms with van der Waals surface area (Å²) in [7, 11) is 0. The first kappa shape index (κ1) is 22.3. The fourth-order valence-electron chi connectivity index (χ4n) is 4.58. The highest BCUT2D eigenvalue weighted by molar-refractivity contribution is 6.30. The Morgan fingerprint density at radius 3 is 2.53 bits per heavy atom. The van der Waals surface area contributed by atoms with E-state index in [0.29, 0.717) is 24.7 Å². The number of anilines is 1. The molecule has 34 heavy (non-hydrogen) atoms. The Morgan fingerprint density at radius 2 is 1.79 bits per heavy atom. The van der Waals surface area contributed by atoms with Crippen LogP contribution in [0.25, 0.3) is 10.9 Å². The van der Waals surface area contributed by atoms with E-state index in [1.54, 1.807) is 0 Å². The summed E-state index contributed by atoms with van der Waals surface area (Å²) in [5.41, 5.74) is 3.80. The molecule has 3 aromatic carbocycles. The number of aliphatic carboxylic acids is 1. The van der Waals surface area contributed by atoms with Crippen molar-refractivity contribution in [1.82, 2.24) is 9.88 Å². The number of nitrogens with zero attached hydrogens (tertiary/aromatic N) is 2. The number of aromatic nitrogens is 1. The predicted molar refractivity (Wildman–Crippen MR) is 135 cm³/mol. The van der Waals surface area contributed by atoms with E-state index < -0.39 is 12.0 Å². The van der Waals surface area contributed by atoms with Gasteiger partial charge in [0.05, 0.1) is 0 Å². The standard InChI is InChI=1S/C27H26ClN3O3/c28-20-7-4-8-21(15-20)30-11-13-31(14-12-30)26(27(32)33)24-17-29-25-16-22(9-10-23(24)25)34-18-19-5-2-1-3-6-19/h1-10,15-17,26,29H,11-14,18H2,(H,32,33)/t26-/m0/s1. The highest BCUT2D eigenvalue weighted by atomic mass is 35.5. The molecule has 5 rings (SSSR count). The van der Waals surface area contributed by atoms with Gasteiger partial charge >= 0.3 is 5.97 Å². The Kier molecular flexibility index (Phi) is 6.43. The summed E-state index contributed by atoms with van der Waals surface area (Å²) in [6, 6.07) is 22.8. The Hall–Kier alpha value is -3.48. The number of rotatable bonds is 7. The van der Waals surface area contributed by atoms with Crippen LogP contribution in [0.2, 0.25) is 5.02 Å². The van der Waals surface area contributed by atoms with E-state index in [-0.39, 0.29) is 0 Å². The maximum atomic E-state index is 12.4. The molecule has 1 saturated heterocycles. The largest absolute Gasteiger partial charge is 0.489 e. The highest BCUT2D eigenvalue weighted by Crippen LogP contribution is 2.32. The van der Waals surface area contributed by atoms with Crippen molar-refractivity contribution in [1.29, 1.82) is 0 Å². The fraction of sp³-hybridized carbons (Fsp3) is 0.222. The molecule has 1 aromatic heterocycles. The Balaban J connectivity index is 1.31. The Bertz CT molecular complexity index is 1280. The minimum absolute atomic E-state index is 0.481. The van der Waals surface area contributed by atoms with E-state index in [0.717, 1.165) is 46.6 Å². The normalized spacial score (nSPS) is 15.4. The quantitative estimate of drug-likeness (QED) is 0.377. The van der Waals surface area contributed by atoms with Crippen molar-refractivity contribution in [3.8, 4) is 5.75 Å². The van der Waals surface area contributed by atoms with Crippen molar-refractivity contribution >= 4 is 34.2 Å². The monoisotopic (exact) mass is 475 g/mol. The third kappa shape index (κ3) is 4.74. The molecule has 0 spiro atoms. The van der Waals surface area contributed by atoms with Crippen LogP contribution < -0.4 is 9.64 Å². The molecule has 7 heteroatoms. The number of H-pyrrole nitrogens is 1. The molecule has 2 N–H and O–H groups in total. The number of aromatic amines is 1. The molecule has 174 valence electrons. The number of carboxylic acids is 1. The van der Waals surface area contributed by atoms with Crippen LogP contribution in [0.1, 0.15) is 17.2 Å². The summed E-state index contributed by atoms with van der Waals surface area (Å²) in [5, 5.41) is 11.7. The molecule has 0 radical (unpaired) electrons. The van der Waals surface area contributed by atoms with E-state index in [2.05, 4.69) is 9.88 Å². The third-order valence-corrected chi connectivity index (χ3v) is 6.55. The van der Waals surface area contributed by atoms with Crippen LogP contribution in [-0.2, 0) is 11.4 Å². The molecule has 1 atom stereocenters. The first-order valence-electron chi connectivity index (χ1n) is 11.3. The lowest BCUT2D eigenvalue weighted by atomic mass is 10.0.